The van der Waals surface area contributed by atoms with Gasteiger partial charge in [-0.15, -0.1) is 0 Å². The summed E-state index contributed by atoms with van der Waals surface area (Å²) in [4.78, 5) is 0. The quantitative estimate of drug-likeness (QED) is 0.742. The number of nitrogens with two attached hydrogens (primary N) is 1. The lowest BCUT2D eigenvalue weighted by atomic mass is 10.1. The SMILES string of the molecule is CC(C)CCCOc1ccc(F)cc1CCN. The standard InChI is InChI=1S/C14H22FNO/c1-11(2)4-3-9-17-14-6-5-13(15)10-12(14)7-8-16/h5-6,10-11H,3-4,7-9,16H2,1-2H3. The highest BCUT2D eigenvalue weighted by Gasteiger charge is 2.05. The Kier molecular flexibility index (Phi) is 5.98. The number of ether oxygens (including phenoxy) is 1. The summed E-state index contributed by atoms with van der Waals surface area (Å²) < 4.78 is 18.7. The van der Waals surface area contributed by atoms with Gasteiger partial charge in [-0.3, -0.25) is 0 Å². The fourth-order valence-electron chi connectivity index (χ4n) is 1.71. The van der Waals surface area contributed by atoms with Crippen LogP contribution in [0.1, 0.15) is 32.3 Å². The molecule has 0 aromatic heterocycles. The summed E-state index contributed by atoms with van der Waals surface area (Å²) >= 11 is 0. The number of benzene rings is 1. The molecule has 0 aliphatic heterocycles. The Hall–Kier alpha value is -1.09. The van der Waals surface area contributed by atoms with Gasteiger partial charge in [-0.2, -0.15) is 0 Å². The maximum absolute atomic E-state index is 13.1. The van der Waals surface area contributed by atoms with E-state index in [1.165, 1.54) is 12.1 Å². The van der Waals surface area contributed by atoms with E-state index in [4.69, 9.17) is 10.5 Å². The molecule has 2 nitrogen and oxygen atoms in total. The highest BCUT2D eigenvalue weighted by atomic mass is 19.1. The van der Waals surface area contributed by atoms with Crippen LogP contribution >= 0.6 is 0 Å². The topological polar surface area (TPSA) is 35.2 Å². The van der Waals surface area contributed by atoms with Crippen molar-refractivity contribution in [2.45, 2.75) is 33.1 Å². The van der Waals surface area contributed by atoms with Crippen LogP contribution in [0.3, 0.4) is 0 Å². The first kappa shape index (κ1) is 14.0. The van der Waals surface area contributed by atoms with Gasteiger partial charge in [0, 0.05) is 0 Å². The van der Waals surface area contributed by atoms with Crippen molar-refractivity contribution in [2.75, 3.05) is 13.2 Å². The molecule has 1 rings (SSSR count). The molecule has 0 saturated carbocycles. The van der Waals surface area contributed by atoms with Crippen LogP contribution in [-0.4, -0.2) is 13.2 Å². The van der Waals surface area contributed by atoms with Crippen molar-refractivity contribution >= 4 is 0 Å². The summed E-state index contributed by atoms with van der Waals surface area (Å²) in [5.41, 5.74) is 6.35. The highest BCUT2D eigenvalue weighted by molar-refractivity contribution is 5.34. The minimum atomic E-state index is -0.233. The zero-order valence-corrected chi connectivity index (χ0v) is 10.7. The third-order valence-electron chi connectivity index (χ3n) is 2.62. The van der Waals surface area contributed by atoms with E-state index in [0.29, 0.717) is 25.5 Å². The van der Waals surface area contributed by atoms with E-state index in [0.717, 1.165) is 24.2 Å². The molecule has 0 aliphatic rings. The molecule has 0 unspecified atom stereocenters. The Bertz CT molecular complexity index is 339. The molecule has 0 radical (unpaired) electrons. The fourth-order valence-corrected chi connectivity index (χ4v) is 1.71. The zero-order valence-electron chi connectivity index (χ0n) is 10.7. The van der Waals surface area contributed by atoms with E-state index in [9.17, 15) is 4.39 Å². The lowest BCUT2D eigenvalue weighted by Gasteiger charge is -2.11. The van der Waals surface area contributed by atoms with E-state index < -0.39 is 0 Å². The van der Waals surface area contributed by atoms with Crippen molar-refractivity contribution in [1.82, 2.24) is 0 Å². The first-order valence-electron chi connectivity index (χ1n) is 6.24. The Labute approximate surface area is 103 Å². The first-order chi connectivity index (χ1) is 8.13. The van der Waals surface area contributed by atoms with Crippen molar-refractivity contribution in [3.05, 3.63) is 29.6 Å². The second-order valence-corrected chi connectivity index (χ2v) is 4.68. The average Bonchev–Trinajstić information content (AvgIpc) is 2.27. The third-order valence-corrected chi connectivity index (χ3v) is 2.62. The predicted molar refractivity (Wildman–Crippen MR) is 68.7 cm³/mol. The molecule has 0 amide bonds. The predicted octanol–water partition coefficient (Wildman–Crippen LogP) is 3.14. The van der Waals surface area contributed by atoms with Crippen molar-refractivity contribution in [3.8, 4) is 5.75 Å². The average molecular weight is 239 g/mol. The highest BCUT2D eigenvalue weighted by Crippen LogP contribution is 2.20. The summed E-state index contributed by atoms with van der Waals surface area (Å²) in [6.45, 7) is 5.57. The molecule has 0 saturated heterocycles. The Morgan fingerprint density at radius 2 is 2.12 bits per heavy atom. The molecule has 1 aromatic carbocycles. The van der Waals surface area contributed by atoms with Crippen LogP contribution in [0, 0.1) is 11.7 Å². The van der Waals surface area contributed by atoms with Gasteiger partial charge in [0.2, 0.25) is 0 Å². The van der Waals surface area contributed by atoms with Crippen molar-refractivity contribution < 1.29 is 9.13 Å². The molecule has 0 atom stereocenters. The second kappa shape index (κ2) is 7.28. The number of hydrogen-bond donors (Lipinski definition) is 1. The maximum Gasteiger partial charge on any atom is 0.123 e. The minimum absolute atomic E-state index is 0.233. The van der Waals surface area contributed by atoms with E-state index in [1.807, 2.05) is 0 Å². The first-order valence-corrected chi connectivity index (χ1v) is 6.24. The van der Waals surface area contributed by atoms with E-state index in [2.05, 4.69) is 13.8 Å². The van der Waals surface area contributed by atoms with Crippen molar-refractivity contribution in [1.29, 1.82) is 0 Å². The van der Waals surface area contributed by atoms with Crippen LogP contribution in [0.15, 0.2) is 18.2 Å². The van der Waals surface area contributed by atoms with Crippen LogP contribution in [0.2, 0.25) is 0 Å². The molecule has 1 aromatic rings. The number of halogens is 1. The summed E-state index contributed by atoms with van der Waals surface area (Å²) in [7, 11) is 0. The van der Waals surface area contributed by atoms with Gasteiger partial charge < -0.3 is 10.5 Å². The molecular formula is C14H22FNO. The Morgan fingerprint density at radius 3 is 2.76 bits per heavy atom. The molecule has 0 heterocycles. The third kappa shape index (κ3) is 5.18. The maximum atomic E-state index is 13.1. The van der Waals surface area contributed by atoms with Crippen LogP contribution in [0.4, 0.5) is 4.39 Å². The van der Waals surface area contributed by atoms with Gasteiger partial charge >= 0.3 is 0 Å². The summed E-state index contributed by atoms with van der Waals surface area (Å²) in [5.74, 6) is 1.22. The smallest absolute Gasteiger partial charge is 0.123 e. The molecule has 3 heteroatoms. The van der Waals surface area contributed by atoms with E-state index in [1.54, 1.807) is 6.07 Å². The van der Waals surface area contributed by atoms with Crippen LogP contribution < -0.4 is 10.5 Å². The van der Waals surface area contributed by atoms with Crippen molar-refractivity contribution in [2.24, 2.45) is 11.7 Å². The van der Waals surface area contributed by atoms with Crippen LogP contribution in [0.5, 0.6) is 5.75 Å². The molecule has 17 heavy (non-hydrogen) atoms. The molecular weight excluding hydrogens is 217 g/mol. The number of hydrogen-bond acceptors (Lipinski definition) is 2. The second-order valence-electron chi connectivity index (χ2n) is 4.68. The zero-order chi connectivity index (χ0) is 12.7. The minimum Gasteiger partial charge on any atom is -0.493 e. The lowest BCUT2D eigenvalue weighted by Crippen LogP contribution is -2.07. The van der Waals surface area contributed by atoms with Crippen LogP contribution in [0.25, 0.3) is 0 Å². The van der Waals surface area contributed by atoms with Gasteiger partial charge in [-0.05, 0) is 55.5 Å². The van der Waals surface area contributed by atoms with Gasteiger partial charge in [0.25, 0.3) is 0 Å². The Balaban J connectivity index is 2.51. The number of rotatable bonds is 7. The molecule has 0 spiro atoms. The molecule has 96 valence electrons. The monoisotopic (exact) mass is 239 g/mol. The molecule has 0 aliphatic carbocycles. The van der Waals surface area contributed by atoms with Gasteiger partial charge in [-0.25, -0.2) is 4.39 Å². The molecule has 2 N–H and O–H groups in total. The molecule has 0 fully saturated rings. The summed E-state index contributed by atoms with van der Waals surface area (Å²) in [6.07, 6.45) is 2.82. The Morgan fingerprint density at radius 1 is 1.35 bits per heavy atom. The summed E-state index contributed by atoms with van der Waals surface area (Å²) in [5, 5.41) is 0. The lowest BCUT2D eigenvalue weighted by molar-refractivity contribution is 0.294. The normalized spacial score (nSPS) is 10.9. The fraction of sp³-hybridized carbons (Fsp3) is 0.571. The van der Waals surface area contributed by atoms with Crippen LogP contribution in [-0.2, 0) is 6.42 Å². The largest absolute Gasteiger partial charge is 0.493 e. The van der Waals surface area contributed by atoms with Gasteiger partial charge in [-0.1, -0.05) is 13.8 Å². The van der Waals surface area contributed by atoms with E-state index >= 15 is 0 Å². The van der Waals surface area contributed by atoms with Gasteiger partial charge in [0.15, 0.2) is 0 Å². The molecule has 0 bridgehead atoms. The van der Waals surface area contributed by atoms with Gasteiger partial charge in [0.1, 0.15) is 11.6 Å². The van der Waals surface area contributed by atoms with Gasteiger partial charge in [0.05, 0.1) is 6.61 Å². The van der Waals surface area contributed by atoms with Crippen molar-refractivity contribution in [3.63, 3.8) is 0 Å². The van der Waals surface area contributed by atoms with E-state index in [-0.39, 0.29) is 5.82 Å². The summed E-state index contributed by atoms with van der Waals surface area (Å²) in [6, 6.07) is 4.62.